The second-order valence-electron chi connectivity index (χ2n) is 9.77. The van der Waals surface area contributed by atoms with Crippen molar-refractivity contribution >= 4 is 45.1 Å². The Labute approximate surface area is 236 Å². The number of morpholine rings is 1. The highest BCUT2D eigenvalue weighted by Gasteiger charge is 2.36. The van der Waals surface area contributed by atoms with Gasteiger partial charge in [-0.25, -0.2) is 18.1 Å². The molecule has 0 saturated carbocycles. The van der Waals surface area contributed by atoms with Crippen molar-refractivity contribution < 1.29 is 37.1 Å². The lowest BCUT2D eigenvalue weighted by atomic mass is 10.1. The molecule has 2 unspecified atom stereocenters. The minimum absolute atomic E-state index is 0.0906. The van der Waals surface area contributed by atoms with E-state index in [-0.39, 0.29) is 35.8 Å². The Morgan fingerprint density at radius 1 is 0.878 bits per heavy atom. The number of carbonyl (C=O) groups excluding carboxylic acids is 4. The van der Waals surface area contributed by atoms with E-state index >= 15 is 0 Å². The highest BCUT2D eigenvalue weighted by Crippen LogP contribution is 2.28. The van der Waals surface area contributed by atoms with Gasteiger partial charge >= 0.3 is 5.97 Å². The lowest BCUT2D eigenvalue weighted by molar-refractivity contribution is -0.119. The fraction of sp³-hybridized carbons (Fsp3) is 0.241. The van der Waals surface area contributed by atoms with Gasteiger partial charge in [-0.3, -0.25) is 14.4 Å². The molecule has 3 aromatic rings. The maximum absolute atomic E-state index is 13.0. The molecule has 41 heavy (non-hydrogen) atoms. The fourth-order valence-electron chi connectivity index (χ4n) is 4.77. The van der Waals surface area contributed by atoms with Crippen LogP contribution in [0, 0.1) is 0 Å². The van der Waals surface area contributed by atoms with Crippen LogP contribution < -0.4 is 10.2 Å². The Morgan fingerprint density at radius 2 is 1.44 bits per heavy atom. The van der Waals surface area contributed by atoms with Gasteiger partial charge in [0.25, 0.3) is 17.7 Å². The van der Waals surface area contributed by atoms with E-state index in [1.807, 2.05) is 13.8 Å². The molecule has 11 nitrogen and oxygen atoms in total. The van der Waals surface area contributed by atoms with Crippen LogP contribution in [0.15, 0.2) is 77.7 Å². The zero-order valence-corrected chi connectivity index (χ0v) is 23.1. The maximum Gasteiger partial charge on any atom is 0.338 e. The van der Waals surface area contributed by atoms with Gasteiger partial charge in [0.15, 0.2) is 6.61 Å². The molecule has 3 aromatic carbocycles. The minimum Gasteiger partial charge on any atom is -0.452 e. The predicted octanol–water partition coefficient (Wildman–Crippen LogP) is 3.08. The van der Waals surface area contributed by atoms with Crippen LogP contribution in [0.25, 0.3) is 0 Å². The Balaban J connectivity index is 1.15. The number of ether oxygens (including phenoxy) is 2. The first-order chi connectivity index (χ1) is 19.5. The van der Waals surface area contributed by atoms with Crippen molar-refractivity contribution in [1.29, 1.82) is 0 Å². The number of hydrogen-bond acceptors (Lipinski definition) is 8. The molecule has 2 heterocycles. The van der Waals surface area contributed by atoms with Crippen LogP contribution in [0.4, 0.5) is 11.4 Å². The second kappa shape index (κ2) is 11.2. The molecule has 5 rings (SSSR count). The molecule has 2 aliphatic heterocycles. The number of hydrogen-bond donors (Lipinski definition) is 1. The lowest BCUT2D eigenvalue weighted by Crippen LogP contribution is -2.48. The topological polar surface area (TPSA) is 139 Å². The van der Waals surface area contributed by atoms with Crippen LogP contribution in [-0.4, -0.2) is 68.3 Å². The zero-order chi connectivity index (χ0) is 29.3. The molecule has 1 saturated heterocycles. The van der Waals surface area contributed by atoms with Gasteiger partial charge < -0.3 is 14.8 Å². The smallest absolute Gasteiger partial charge is 0.338 e. The van der Waals surface area contributed by atoms with Crippen molar-refractivity contribution in [3.8, 4) is 0 Å². The summed E-state index contributed by atoms with van der Waals surface area (Å²) < 4.78 is 38.1. The molecule has 0 bridgehead atoms. The summed E-state index contributed by atoms with van der Waals surface area (Å²) in [4.78, 5) is 51.2. The molecule has 0 spiro atoms. The Kier molecular flexibility index (Phi) is 7.72. The number of fused-ring (bicyclic) bond motifs is 1. The number of esters is 1. The zero-order valence-electron chi connectivity index (χ0n) is 22.3. The van der Waals surface area contributed by atoms with Gasteiger partial charge in [-0.05, 0) is 74.5 Å². The van der Waals surface area contributed by atoms with Crippen molar-refractivity contribution in [2.24, 2.45) is 0 Å². The summed E-state index contributed by atoms with van der Waals surface area (Å²) in [6.45, 7) is 3.56. The normalized spacial score (nSPS) is 19.1. The van der Waals surface area contributed by atoms with Gasteiger partial charge in [0.2, 0.25) is 10.0 Å². The van der Waals surface area contributed by atoms with Crippen LogP contribution >= 0.6 is 0 Å². The minimum atomic E-state index is -3.72. The number of anilines is 2. The Morgan fingerprint density at radius 3 is 2.00 bits per heavy atom. The number of nitrogens with one attached hydrogen (secondary N) is 1. The van der Waals surface area contributed by atoms with Crippen LogP contribution in [0.3, 0.4) is 0 Å². The first-order valence-corrected chi connectivity index (χ1v) is 14.3. The first-order valence-electron chi connectivity index (χ1n) is 12.8. The third kappa shape index (κ3) is 5.75. The average Bonchev–Trinajstić information content (AvgIpc) is 3.21. The molecule has 0 radical (unpaired) electrons. The summed E-state index contributed by atoms with van der Waals surface area (Å²) in [6.07, 6.45) is -0.437. The number of sulfonamides is 1. The fourth-order valence-corrected chi connectivity index (χ4v) is 6.36. The molecule has 2 aliphatic rings. The van der Waals surface area contributed by atoms with E-state index < -0.39 is 40.3 Å². The van der Waals surface area contributed by atoms with Crippen molar-refractivity contribution in [3.05, 3.63) is 89.5 Å². The molecule has 3 amide bonds. The molecule has 212 valence electrons. The summed E-state index contributed by atoms with van der Waals surface area (Å²) in [7, 11) is -3.72. The van der Waals surface area contributed by atoms with Gasteiger partial charge in [0, 0.05) is 18.8 Å². The number of amides is 3. The summed E-state index contributed by atoms with van der Waals surface area (Å²) in [5.41, 5.74) is 1.38. The quantitative estimate of drug-likeness (QED) is 0.334. The molecule has 1 fully saturated rings. The first kappa shape index (κ1) is 28.1. The summed E-state index contributed by atoms with van der Waals surface area (Å²) in [6, 6.07) is 17.9. The third-order valence-corrected chi connectivity index (χ3v) is 8.50. The average molecular weight is 578 g/mol. The molecule has 2 atom stereocenters. The van der Waals surface area contributed by atoms with E-state index in [0.717, 1.165) is 4.90 Å². The lowest BCUT2D eigenvalue weighted by Gasteiger charge is -2.34. The number of imide groups is 1. The SMILES string of the molecule is CC1CN(S(=O)(=O)c2ccc(NC(=O)COC(=O)c3ccc(N4C(=O)c5ccccc5C4=O)cc3)cc2)CC(C)O1. The van der Waals surface area contributed by atoms with E-state index in [0.29, 0.717) is 22.5 Å². The van der Waals surface area contributed by atoms with E-state index in [9.17, 15) is 27.6 Å². The summed E-state index contributed by atoms with van der Waals surface area (Å²) in [5, 5.41) is 2.56. The van der Waals surface area contributed by atoms with Crippen molar-refractivity contribution in [3.63, 3.8) is 0 Å². The molecule has 12 heteroatoms. The molecule has 0 aliphatic carbocycles. The van der Waals surface area contributed by atoms with Crippen molar-refractivity contribution in [1.82, 2.24) is 4.31 Å². The molecular weight excluding hydrogens is 550 g/mol. The van der Waals surface area contributed by atoms with E-state index in [4.69, 9.17) is 9.47 Å². The molecule has 0 aromatic heterocycles. The summed E-state index contributed by atoms with van der Waals surface area (Å²) >= 11 is 0. The van der Waals surface area contributed by atoms with Crippen molar-refractivity contribution in [2.75, 3.05) is 29.9 Å². The Hall–Kier alpha value is -4.39. The third-order valence-electron chi connectivity index (χ3n) is 6.65. The molecule has 1 N–H and O–H groups in total. The van der Waals surface area contributed by atoms with Crippen LogP contribution in [-0.2, 0) is 24.3 Å². The molecular formula is C29H27N3O8S. The summed E-state index contributed by atoms with van der Waals surface area (Å²) in [5.74, 6) is -2.29. The van der Waals surface area contributed by atoms with Crippen LogP contribution in [0.5, 0.6) is 0 Å². The van der Waals surface area contributed by atoms with E-state index in [1.54, 1.807) is 24.3 Å². The van der Waals surface area contributed by atoms with Crippen LogP contribution in [0.1, 0.15) is 44.9 Å². The van der Waals surface area contributed by atoms with Gasteiger partial charge in [-0.2, -0.15) is 4.31 Å². The van der Waals surface area contributed by atoms with Gasteiger partial charge in [-0.15, -0.1) is 0 Å². The monoisotopic (exact) mass is 577 g/mol. The van der Waals surface area contributed by atoms with Gasteiger partial charge in [-0.1, -0.05) is 12.1 Å². The predicted molar refractivity (Wildman–Crippen MR) is 148 cm³/mol. The standard InChI is InChI=1S/C29H27N3O8S/c1-18-15-31(16-19(2)40-18)41(37,38)23-13-9-21(10-14-23)30-26(33)17-39-29(36)20-7-11-22(12-8-20)32-27(34)24-5-3-4-6-25(24)28(32)35/h3-14,18-19H,15-17H2,1-2H3,(H,30,33). The second-order valence-corrected chi connectivity index (χ2v) is 11.7. The number of benzene rings is 3. The number of rotatable bonds is 7. The number of carbonyl (C=O) groups is 4. The van der Waals surface area contributed by atoms with E-state index in [1.165, 1.54) is 52.8 Å². The van der Waals surface area contributed by atoms with Gasteiger partial charge in [0.05, 0.1) is 39.5 Å². The number of nitrogens with zero attached hydrogens (tertiary/aromatic N) is 2. The van der Waals surface area contributed by atoms with Gasteiger partial charge in [0.1, 0.15) is 0 Å². The Bertz CT molecular complexity index is 1580. The highest BCUT2D eigenvalue weighted by molar-refractivity contribution is 7.89. The van der Waals surface area contributed by atoms with E-state index in [2.05, 4.69) is 5.32 Å². The largest absolute Gasteiger partial charge is 0.452 e. The van der Waals surface area contributed by atoms with Crippen LogP contribution in [0.2, 0.25) is 0 Å². The van der Waals surface area contributed by atoms with Crippen molar-refractivity contribution in [2.45, 2.75) is 31.0 Å². The maximum atomic E-state index is 13.0. The highest BCUT2D eigenvalue weighted by atomic mass is 32.2.